The Morgan fingerprint density at radius 3 is 2.45 bits per heavy atom. The predicted molar refractivity (Wildman–Crippen MR) is 43.2 cm³/mol. The Morgan fingerprint density at radius 2 is 2.09 bits per heavy atom. The summed E-state index contributed by atoms with van der Waals surface area (Å²) in [6.07, 6.45) is -0.148. The molecule has 0 saturated heterocycles. The van der Waals surface area contributed by atoms with Crippen LogP contribution in [-0.2, 0) is 4.79 Å². The molecular weight excluding hydrogens is 170 g/mol. The number of rotatable bonds is 5. The highest BCUT2D eigenvalue weighted by molar-refractivity contribution is 7.99. The average Bonchev–Trinajstić information content (AvgIpc) is 1.78. The Balaban J connectivity index is 3.22. The predicted octanol–water partition coefficient (Wildman–Crippen LogP) is 2.35. The lowest BCUT2D eigenvalue weighted by atomic mass is 10.3. The fourth-order valence-electron chi connectivity index (χ4n) is 0.467. The number of hydrogen-bond acceptors (Lipinski definition) is 2. The average molecular weight is 182 g/mol. The van der Waals surface area contributed by atoms with Crippen molar-refractivity contribution in [2.45, 2.75) is 26.2 Å². The molecule has 0 radical (unpaired) electrons. The summed E-state index contributed by atoms with van der Waals surface area (Å²) in [4.78, 5) is 10.4. The topological polar surface area (TPSA) is 17.1 Å². The molecule has 0 N–H and O–H groups in total. The van der Waals surface area contributed by atoms with E-state index in [-0.39, 0.29) is 12.2 Å². The van der Waals surface area contributed by atoms with Crippen LogP contribution in [0.4, 0.5) is 8.78 Å². The molecule has 4 heteroatoms. The van der Waals surface area contributed by atoms with Gasteiger partial charge in [0.15, 0.2) is 0 Å². The van der Waals surface area contributed by atoms with Gasteiger partial charge in [0.05, 0.1) is 5.75 Å². The second-order valence-electron chi connectivity index (χ2n) is 2.57. The maximum Gasteiger partial charge on any atom is 0.246 e. The molecule has 0 rings (SSSR count). The molecule has 0 saturated carbocycles. The van der Waals surface area contributed by atoms with E-state index in [9.17, 15) is 13.6 Å². The minimum Gasteiger partial charge on any atom is -0.299 e. The van der Waals surface area contributed by atoms with E-state index in [2.05, 4.69) is 0 Å². The van der Waals surface area contributed by atoms with Crippen molar-refractivity contribution in [2.24, 2.45) is 0 Å². The van der Waals surface area contributed by atoms with Gasteiger partial charge in [0, 0.05) is 6.42 Å². The number of halogens is 2. The van der Waals surface area contributed by atoms with Crippen LogP contribution in [-0.4, -0.2) is 23.2 Å². The van der Waals surface area contributed by atoms with E-state index in [0.717, 1.165) is 6.92 Å². The van der Waals surface area contributed by atoms with Crippen LogP contribution in [0.2, 0.25) is 0 Å². The second-order valence-corrected chi connectivity index (χ2v) is 3.68. The minimum atomic E-state index is -2.59. The molecule has 0 spiro atoms. The molecule has 0 unspecified atom stereocenters. The highest BCUT2D eigenvalue weighted by Crippen LogP contribution is 2.19. The minimum absolute atomic E-state index is 0.0365. The van der Waals surface area contributed by atoms with Gasteiger partial charge in [-0.25, -0.2) is 8.78 Å². The maximum absolute atomic E-state index is 12.1. The van der Waals surface area contributed by atoms with Crippen LogP contribution in [0.3, 0.4) is 0 Å². The zero-order valence-electron chi connectivity index (χ0n) is 6.69. The van der Waals surface area contributed by atoms with Crippen molar-refractivity contribution in [3.05, 3.63) is 0 Å². The normalized spacial score (nSPS) is 11.6. The van der Waals surface area contributed by atoms with E-state index in [0.29, 0.717) is 11.5 Å². The molecule has 0 heterocycles. The number of Topliss-reactive ketones (excluding diaryl/α,β-unsaturated/α-hetero) is 1. The molecule has 0 aliphatic carbocycles. The smallest absolute Gasteiger partial charge is 0.246 e. The summed E-state index contributed by atoms with van der Waals surface area (Å²) in [6.45, 7) is 2.35. The van der Waals surface area contributed by atoms with Crippen LogP contribution in [0.15, 0.2) is 0 Å². The third kappa shape index (κ3) is 9.88. The summed E-state index contributed by atoms with van der Waals surface area (Å²) in [5, 5.41) is 0. The van der Waals surface area contributed by atoms with Crippen molar-refractivity contribution in [3.63, 3.8) is 0 Å². The number of hydrogen-bond donors (Lipinski definition) is 0. The van der Waals surface area contributed by atoms with Gasteiger partial charge < -0.3 is 0 Å². The summed E-state index contributed by atoms with van der Waals surface area (Å²) in [7, 11) is 0. The quantitative estimate of drug-likeness (QED) is 0.607. The zero-order valence-corrected chi connectivity index (χ0v) is 7.51. The van der Waals surface area contributed by atoms with Crippen LogP contribution in [0.25, 0.3) is 0 Å². The van der Waals surface area contributed by atoms with Crippen molar-refractivity contribution in [3.8, 4) is 0 Å². The van der Waals surface area contributed by atoms with E-state index in [4.69, 9.17) is 0 Å². The molecule has 0 fully saturated rings. The summed E-state index contributed by atoms with van der Waals surface area (Å²) in [5.74, 6) is -1.86. The summed E-state index contributed by atoms with van der Waals surface area (Å²) in [5.41, 5.74) is 0. The lowest BCUT2D eigenvalue weighted by Gasteiger charge is -2.07. The van der Waals surface area contributed by atoms with Gasteiger partial charge in [-0.05, 0) is 19.6 Å². The first-order valence-corrected chi connectivity index (χ1v) is 4.52. The first-order valence-electron chi connectivity index (χ1n) is 3.37. The Bertz CT molecular complexity index is 131. The molecule has 0 aliphatic rings. The Labute approximate surface area is 69.5 Å². The van der Waals surface area contributed by atoms with E-state index >= 15 is 0 Å². The van der Waals surface area contributed by atoms with E-state index < -0.39 is 5.92 Å². The van der Waals surface area contributed by atoms with Crippen LogP contribution >= 0.6 is 11.8 Å². The fraction of sp³-hybridized carbons (Fsp3) is 0.857. The van der Waals surface area contributed by atoms with Crippen LogP contribution in [0, 0.1) is 0 Å². The molecule has 0 aliphatic heterocycles. The molecule has 0 aromatic heterocycles. The van der Waals surface area contributed by atoms with Gasteiger partial charge in [-0.2, -0.15) is 11.8 Å². The third-order valence-electron chi connectivity index (χ3n) is 0.991. The molecule has 0 atom stereocenters. The van der Waals surface area contributed by atoms with Crippen molar-refractivity contribution in [2.75, 3.05) is 11.5 Å². The van der Waals surface area contributed by atoms with Gasteiger partial charge in [0.25, 0.3) is 0 Å². The van der Waals surface area contributed by atoms with E-state index in [1.165, 1.54) is 18.7 Å². The molecule has 0 amide bonds. The maximum atomic E-state index is 12.1. The highest BCUT2D eigenvalue weighted by atomic mass is 32.2. The molecule has 66 valence electrons. The fourth-order valence-corrected chi connectivity index (χ4v) is 1.40. The van der Waals surface area contributed by atoms with Crippen LogP contribution < -0.4 is 0 Å². The monoisotopic (exact) mass is 182 g/mol. The van der Waals surface area contributed by atoms with Gasteiger partial charge >= 0.3 is 0 Å². The summed E-state index contributed by atoms with van der Waals surface area (Å²) in [6, 6.07) is 0. The van der Waals surface area contributed by atoms with Gasteiger partial charge in [0.2, 0.25) is 5.92 Å². The van der Waals surface area contributed by atoms with Gasteiger partial charge in [-0.3, -0.25) is 4.79 Å². The number of thioether (sulfide) groups is 1. The number of carbonyl (C=O) groups excluding carboxylic acids is 1. The third-order valence-corrected chi connectivity index (χ3v) is 2.09. The first kappa shape index (κ1) is 10.9. The van der Waals surface area contributed by atoms with E-state index in [1.807, 2.05) is 0 Å². The highest BCUT2D eigenvalue weighted by Gasteiger charge is 2.19. The Kier molecular flexibility index (Phi) is 4.65. The van der Waals surface area contributed by atoms with Crippen LogP contribution in [0.5, 0.6) is 0 Å². The molecular formula is C7H12F2OS. The molecule has 0 aromatic carbocycles. The summed E-state index contributed by atoms with van der Waals surface area (Å²) < 4.78 is 24.3. The standard InChI is InChI=1S/C7H12F2OS/c1-6(10)5-11-4-3-7(2,8)9/h3-5H2,1-2H3. The van der Waals surface area contributed by atoms with Gasteiger partial charge in [0.1, 0.15) is 5.78 Å². The first-order chi connectivity index (χ1) is 4.92. The van der Waals surface area contributed by atoms with E-state index in [1.54, 1.807) is 0 Å². The molecule has 0 bridgehead atoms. The zero-order chi connectivity index (χ0) is 8.91. The van der Waals surface area contributed by atoms with Crippen molar-refractivity contribution < 1.29 is 13.6 Å². The molecule has 1 nitrogen and oxygen atoms in total. The largest absolute Gasteiger partial charge is 0.299 e. The molecule has 0 aromatic rings. The van der Waals surface area contributed by atoms with Gasteiger partial charge in [-0.15, -0.1) is 0 Å². The Hall–Kier alpha value is -0.120. The number of alkyl halides is 2. The van der Waals surface area contributed by atoms with Crippen molar-refractivity contribution in [1.82, 2.24) is 0 Å². The van der Waals surface area contributed by atoms with Crippen molar-refractivity contribution >= 4 is 17.5 Å². The molecule has 11 heavy (non-hydrogen) atoms. The SMILES string of the molecule is CC(=O)CSCCC(C)(F)F. The number of carbonyl (C=O) groups is 1. The lowest BCUT2D eigenvalue weighted by Crippen LogP contribution is -2.11. The number of ketones is 1. The van der Waals surface area contributed by atoms with Crippen LogP contribution in [0.1, 0.15) is 20.3 Å². The van der Waals surface area contributed by atoms with Gasteiger partial charge in [-0.1, -0.05) is 0 Å². The second kappa shape index (κ2) is 4.70. The lowest BCUT2D eigenvalue weighted by molar-refractivity contribution is -0.114. The van der Waals surface area contributed by atoms with Crippen molar-refractivity contribution in [1.29, 1.82) is 0 Å². The summed E-state index contributed by atoms with van der Waals surface area (Å²) >= 11 is 1.26. The Morgan fingerprint density at radius 1 is 1.55 bits per heavy atom.